The molecule has 1 atom stereocenters. The van der Waals surface area contributed by atoms with Crippen LogP contribution in [-0.2, 0) is 0 Å². The summed E-state index contributed by atoms with van der Waals surface area (Å²) in [5, 5.41) is 0.683. The molecule has 0 spiro atoms. The zero-order chi connectivity index (χ0) is 15.1. The van der Waals surface area contributed by atoms with Crippen molar-refractivity contribution in [1.82, 2.24) is 9.55 Å². The fourth-order valence-electron chi connectivity index (χ4n) is 2.46. The largest absolute Gasteiger partial charge is 0.330 e. The molecule has 0 aliphatic rings. The monoisotopic (exact) mass is 384 g/mol. The fourth-order valence-corrected chi connectivity index (χ4v) is 3.45. The second-order valence-corrected chi connectivity index (χ2v) is 6.43. The molecule has 1 aromatic heterocycles. The van der Waals surface area contributed by atoms with Gasteiger partial charge in [-0.15, -0.1) is 0 Å². The third-order valence-corrected chi connectivity index (χ3v) is 4.75. The van der Waals surface area contributed by atoms with Gasteiger partial charge in [0.15, 0.2) is 4.77 Å². The molecule has 1 N–H and O–H groups in total. The first-order valence-electron chi connectivity index (χ1n) is 6.32. The standard InChI is InChI=1S/C15H11BrClFN2S/c1-8(9-4-2-3-5-11(9)17)20-14-6-10(16)12(18)7-13(14)19-15(20)21/h2-8H,1H3,(H,19,21). The number of benzene rings is 2. The van der Waals surface area contributed by atoms with Gasteiger partial charge in [0.25, 0.3) is 0 Å². The molecule has 3 rings (SSSR count). The Morgan fingerprint density at radius 2 is 2.05 bits per heavy atom. The predicted molar refractivity (Wildman–Crippen MR) is 90.0 cm³/mol. The summed E-state index contributed by atoms with van der Waals surface area (Å²) < 4.78 is 16.5. The summed E-state index contributed by atoms with van der Waals surface area (Å²) >= 11 is 14.9. The van der Waals surface area contributed by atoms with E-state index in [9.17, 15) is 4.39 Å². The highest BCUT2D eigenvalue weighted by Crippen LogP contribution is 2.31. The third-order valence-electron chi connectivity index (χ3n) is 3.50. The molecule has 2 aromatic carbocycles. The predicted octanol–water partition coefficient (Wildman–Crippen LogP) is 5.86. The highest BCUT2D eigenvalue weighted by atomic mass is 79.9. The molecule has 1 unspecified atom stereocenters. The van der Waals surface area contributed by atoms with Crippen LogP contribution < -0.4 is 0 Å². The van der Waals surface area contributed by atoms with Crippen molar-refractivity contribution >= 4 is 50.8 Å². The van der Waals surface area contributed by atoms with Crippen molar-refractivity contribution in [2.24, 2.45) is 0 Å². The maximum absolute atomic E-state index is 13.6. The Morgan fingerprint density at radius 3 is 2.76 bits per heavy atom. The van der Waals surface area contributed by atoms with Gasteiger partial charge in [-0.25, -0.2) is 4.39 Å². The molecule has 0 bridgehead atoms. The van der Waals surface area contributed by atoms with Crippen molar-refractivity contribution in [3.63, 3.8) is 0 Å². The van der Waals surface area contributed by atoms with Gasteiger partial charge in [-0.05, 0) is 52.8 Å². The Bertz CT molecular complexity index is 887. The van der Waals surface area contributed by atoms with E-state index < -0.39 is 0 Å². The van der Waals surface area contributed by atoms with E-state index in [1.54, 1.807) is 6.07 Å². The Kier molecular flexibility index (Phi) is 3.90. The van der Waals surface area contributed by atoms with Crippen LogP contribution in [0.15, 0.2) is 40.9 Å². The molecule has 21 heavy (non-hydrogen) atoms. The average Bonchev–Trinajstić information content (AvgIpc) is 2.74. The molecular formula is C15H11BrClFN2S. The maximum atomic E-state index is 13.6. The summed E-state index contributed by atoms with van der Waals surface area (Å²) in [5.41, 5.74) is 2.47. The molecule has 0 saturated heterocycles. The molecule has 108 valence electrons. The van der Waals surface area contributed by atoms with E-state index >= 15 is 0 Å². The van der Waals surface area contributed by atoms with E-state index in [4.69, 9.17) is 23.8 Å². The molecule has 0 fully saturated rings. The van der Waals surface area contributed by atoms with Crippen LogP contribution in [0, 0.1) is 10.6 Å². The first-order valence-corrected chi connectivity index (χ1v) is 7.90. The van der Waals surface area contributed by atoms with Crippen LogP contribution in [0.5, 0.6) is 0 Å². The number of aromatic nitrogens is 2. The lowest BCUT2D eigenvalue weighted by molar-refractivity contribution is 0.621. The molecule has 0 saturated carbocycles. The third kappa shape index (κ3) is 2.54. The van der Waals surface area contributed by atoms with Gasteiger partial charge in [-0.2, -0.15) is 0 Å². The zero-order valence-electron chi connectivity index (χ0n) is 11.0. The summed E-state index contributed by atoms with van der Waals surface area (Å²) in [6.45, 7) is 2.02. The number of hydrogen-bond acceptors (Lipinski definition) is 1. The second kappa shape index (κ2) is 5.55. The SMILES string of the molecule is CC(c1ccccc1Cl)n1c(=S)[nH]c2cc(F)c(Br)cc21. The van der Waals surface area contributed by atoms with Crippen LogP contribution >= 0.6 is 39.7 Å². The van der Waals surface area contributed by atoms with Crippen molar-refractivity contribution in [3.05, 3.63) is 62.0 Å². The molecule has 2 nitrogen and oxygen atoms in total. The molecule has 1 heterocycles. The number of halogens is 3. The number of imidazole rings is 1. The molecular weight excluding hydrogens is 375 g/mol. The smallest absolute Gasteiger partial charge is 0.178 e. The molecule has 0 aliphatic carbocycles. The number of fused-ring (bicyclic) bond motifs is 1. The summed E-state index contributed by atoms with van der Waals surface area (Å²) in [5.74, 6) is -0.323. The van der Waals surface area contributed by atoms with Crippen molar-refractivity contribution in [3.8, 4) is 0 Å². The lowest BCUT2D eigenvalue weighted by Gasteiger charge is -2.16. The molecule has 0 aliphatic heterocycles. The minimum absolute atomic E-state index is 0.0580. The van der Waals surface area contributed by atoms with Gasteiger partial charge in [0.05, 0.1) is 21.5 Å². The molecule has 0 amide bonds. The maximum Gasteiger partial charge on any atom is 0.178 e. The van der Waals surface area contributed by atoms with Crippen LogP contribution in [0.4, 0.5) is 4.39 Å². The Morgan fingerprint density at radius 1 is 1.33 bits per heavy atom. The van der Waals surface area contributed by atoms with Crippen molar-refractivity contribution in [2.75, 3.05) is 0 Å². The van der Waals surface area contributed by atoms with Crippen LogP contribution in [-0.4, -0.2) is 9.55 Å². The summed E-state index contributed by atoms with van der Waals surface area (Å²) in [6, 6.07) is 10.7. The van der Waals surface area contributed by atoms with Gasteiger partial charge in [-0.1, -0.05) is 29.8 Å². The van der Waals surface area contributed by atoms with Gasteiger partial charge in [0, 0.05) is 11.1 Å². The van der Waals surface area contributed by atoms with E-state index in [0.29, 0.717) is 19.8 Å². The van der Waals surface area contributed by atoms with E-state index in [1.807, 2.05) is 35.8 Å². The average molecular weight is 386 g/mol. The Balaban J connectivity index is 2.25. The van der Waals surface area contributed by atoms with Gasteiger partial charge in [0.1, 0.15) is 5.82 Å². The van der Waals surface area contributed by atoms with Crippen LogP contribution in [0.1, 0.15) is 18.5 Å². The van der Waals surface area contributed by atoms with Crippen LogP contribution in [0.2, 0.25) is 5.02 Å². The lowest BCUT2D eigenvalue weighted by Crippen LogP contribution is -2.07. The van der Waals surface area contributed by atoms with Crippen molar-refractivity contribution in [1.29, 1.82) is 0 Å². The number of rotatable bonds is 2. The van der Waals surface area contributed by atoms with E-state index in [0.717, 1.165) is 11.1 Å². The Labute approximate surface area is 139 Å². The number of aromatic amines is 1. The fraction of sp³-hybridized carbons (Fsp3) is 0.133. The van der Waals surface area contributed by atoms with Gasteiger partial charge in [-0.3, -0.25) is 0 Å². The minimum Gasteiger partial charge on any atom is -0.330 e. The molecule has 0 radical (unpaired) electrons. The summed E-state index contributed by atoms with van der Waals surface area (Å²) in [7, 11) is 0. The van der Waals surface area contributed by atoms with Gasteiger partial charge in [0.2, 0.25) is 0 Å². The van der Waals surface area contributed by atoms with Crippen molar-refractivity contribution in [2.45, 2.75) is 13.0 Å². The number of nitrogens with zero attached hydrogens (tertiary/aromatic N) is 1. The number of hydrogen-bond donors (Lipinski definition) is 1. The minimum atomic E-state index is -0.323. The van der Waals surface area contributed by atoms with Gasteiger partial charge >= 0.3 is 0 Å². The van der Waals surface area contributed by atoms with Crippen LogP contribution in [0.3, 0.4) is 0 Å². The highest BCUT2D eigenvalue weighted by molar-refractivity contribution is 9.10. The summed E-state index contributed by atoms with van der Waals surface area (Å²) in [4.78, 5) is 3.04. The molecule has 6 heteroatoms. The topological polar surface area (TPSA) is 20.7 Å². The van der Waals surface area contributed by atoms with Crippen LogP contribution in [0.25, 0.3) is 11.0 Å². The van der Waals surface area contributed by atoms with E-state index in [-0.39, 0.29) is 11.9 Å². The van der Waals surface area contributed by atoms with E-state index in [1.165, 1.54) is 6.07 Å². The number of nitrogens with one attached hydrogen (secondary N) is 1. The quantitative estimate of drug-likeness (QED) is 0.548. The van der Waals surface area contributed by atoms with Gasteiger partial charge < -0.3 is 9.55 Å². The van der Waals surface area contributed by atoms with E-state index in [2.05, 4.69) is 20.9 Å². The summed E-state index contributed by atoms with van der Waals surface area (Å²) in [6.07, 6.45) is 0. The Hall–Kier alpha value is -1.17. The molecule has 3 aromatic rings. The normalized spacial score (nSPS) is 12.8. The second-order valence-electron chi connectivity index (χ2n) is 4.78. The highest BCUT2D eigenvalue weighted by Gasteiger charge is 2.16. The lowest BCUT2D eigenvalue weighted by atomic mass is 10.1. The van der Waals surface area contributed by atoms with Crippen molar-refractivity contribution < 1.29 is 4.39 Å². The first-order chi connectivity index (χ1) is 9.99. The first kappa shape index (κ1) is 14.8. The zero-order valence-corrected chi connectivity index (χ0v) is 14.2. The number of H-pyrrole nitrogens is 1.